The van der Waals surface area contributed by atoms with Crippen LogP contribution in [-0.2, 0) is 20.8 Å². The molecule has 4 atom stereocenters. The number of allylic oxidation sites excluding steroid dienone is 1. The summed E-state index contributed by atoms with van der Waals surface area (Å²) in [6.07, 6.45) is -0.239. The molecule has 13 heteroatoms. The maximum absolute atomic E-state index is 14.0. The topological polar surface area (TPSA) is 228 Å². The van der Waals surface area contributed by atoms with E-state index < -0.39 is 75.7 Å². The number of benzene rings is 2. The lowest BCUT2D eigenvalue weighted by Crippen LogP contribution is -2.63. The number of carbonyl (C=O) groups is 5. The summed E-state index contributed by atoms with van der Waals surface area (Å²) in [6, 6.07) is 8.17. The van der Waals surface area contributed by atoms with Crippen molar-refractivity contribution in [3.8, 4) is 16.9 Å². The van der Waals surface area contributed by atoms with E-state index in [9.17, 15) is 44.4 Å². The van der Waals surface area contributed by atoms with E-state index in [0.717, 1.165) is 0 Å². The van der Waals surface area contributed by atoms with Gasteiger partial charge in [-0.1, -0.05) is 18.2 Å². The molecule has 0 radical (unpaired) electrons. The number of phenols is 1. The minimum Gasteiger partial charge on any atom is -0.510 e. The van der Waals surface area contributed by atoms with Gasteiger partial charge in [0, 0.05) is 23.6 Å². The molecule has 8 N–H and O–H groups in total. The van der Waals surface area contributed by atoms with Gasteiger partial charge in [-0.2, -0.15) is 0 Å². The second-order valence-corrected chi connectivity index (χ2v) is 11.4. The zero-order valence-corrected chi connectivity index (χ0v) is 23.8. The third-order valence-electron chi connectivity index (χ3n) is 8.67. The van der Waals surface area contributed by atoms with Crippen LogP contribution >= 0.6 is 0 Å². The number of likely N-dealkylation sites (N-methyl/N-ethyl adjacent to an activating group) is 1. The third-order valence-corrected chi connectivity index (χ3v) is 8.67. The standard InChI is InChI=1S/C31H31N3O10/c1-34(2)24-18-12-15-11-17-16(13-4-3-5-14(10-13)30(43)33-9-8-20(36)37)6-7-19(35)22(17)25(38)21(15)27(40)31(18,44)28(41)23(26(24)39)29(32)42/h3-7,10,15,18,24,35,39-40,44H,8-9,11-12H2,1-2H3,(H2,32,42)(H,33,43)(H,36,37)/t15-,18-,24-,31-/m0/s1. The minimum atomic E-state index is -2.74. The molecular weight excluding hydrogens is 574 g/mol. The van der Waals surface area contributed by atoms with Gasteiger partial charge in [-0.25, -0.2) is 0 Å². The van der Waals surface area contributed by atoms with Crippen LogP contribution in [0.2, 0.25) is 0 Å². The molecule has 5 rings (SSSR count). The van der Waals surface area contributed by atoms with Crippen LogP contribution in [0, 0.1) is 11.8 Å². The molecule has 2 aromatic carbocycles. The Kier molecular flexibility index (Phi) is 7.56. The average molecular weight is 606 g/mol. The molecule has 0 aromatic heterocycles. The number of aromatic hydroxyl groups is 1. The second kappa shape index (κ2) is 10.9. The fourth-order valence-electron chi connectivity index (χ4n) is 6.73. The van der Waals surface area contributed by atoms with Gasteiger partial charge in [0.1, 0.15) is 22.8 Å². The first-order valence-corrected chi connectivity index (χ1v) is 13.8. The number of fused-ring (bicyclic) bond motifs is 3. The molecule has 0 bridgehead atoms. The molecule has 0 spiro atoms. The van der Waals surface area contributed by atoms with Crippen LogP contribution in [0.1, 0.15) is 39.1 Å². The van der Waals surface area contributed by atoms with Crippen LogP contribution in [0.25, 0.3) is 11.1 Å². The van der Waals surface area contributed by atoms with Gasteiger partial charge in [-0.15, -0.1) is 0 Å². The van der Waals surface area contributed by atoms with Crippen molar-refractivity contribution in [1.29, 1.82) is 0 Å². The Morgan fingerprint density at radius 1 is 1.09 bits per heavy atom. The molecule has 0 fully saturated rings. The molecule has 44 heavy (non-hydrogen) atoms. The van der Waals surface area contributed by atoms with E-state index in [0.29, 0.717) is 16.7 Å². The first kappa shape index (κ1) is 30.4. The SMILES string of the molecule is CN(C)[C@@H]1C(O)=C(C(N)=O)C(=O)[C@@]2(O)C(O)=C3C(=O)c4c(O)ccc(-c5cccc(C(=O)NCCC(=O)O)c5)c4C[C@H]3C[C@@H]12. The lowest BCUT2D eigenvalue weighted by atomic mass is 9.58. The smallest absolute Gasteiger partial charge is 0.305 e. The van der Waals surface area contributed by atoms with E-state index in [4.69, 9.17) is 10.8 Å². The summed E-state index contributed by atoms with van der Waals surface area (Å²) in [5.41, 5.74) is 3.00. The van der Waals surface area contributed by atoms with E-state index in [2.05, 4.69) is 5.32 Å². The number of ketones is 2. The lowest BCUT2D eigenvalue weighted by molar-refractivity contribution is -0.148. The quantitative estimate of drug-likeness (QED) is 0.220. The van der Waals surface area contributed by atoms with Crippen molar-refractivity contribution >= 4 is 29.4 Å². The molecule has 3 aliphatic carbocycles. The Labute approximate surface area is 250 Å². The number of nitrogens with two attached hydrogens (primary N) is 1. The molecular formula is C31H31N3O10. The summed E-state index contributed by atoms with van der Waals surface area (Å²) in [5.74, 6) is -8.93. The van der Waals surface area contributed by atoms with E-state index >= 15 is 0 Å². The molecule has 2 aromatic rings. The van der Waals surface area contributed by atoms with Crippen molar-refractivity contribution in [2.24, 2.45) is 17.6 Å². The van der Waals surface area contributed by atoms with Crippen molar-refractivity contribution in [2.75, 3.05) is 20.6 Å². The van der Waals surface area contributed by atoms with Gasteiger partial charge in [0.15, 0.2) is 11.4 Å². The molecule has 230 valence electrons. The number of carboxylic acid groups (broad SMARTS) is 1. The number of Topliss-reactive ketones (excluding diaryl/α,β-unsaturated/α-hetero) is 2. The number of carbonyl (C=O) groups excluding carboxylic acids is 4. The van der Waals surface area contributed by atoms with Crippen molar-refractivity contribution in [3.05, 3.63) is 75.8 Å². The number of amides is 2. The zero-order valence-electron chi connectivity index (χ0n) is 23.8. The van der Waals surface area contributed by atoms with Gasteiger partial charge >= 0.3 is 5.97 Å². The first-order valence-electron chi connectivity index (χ1n) is 13.8. The summed E-state index contributed by atoms with van der Waals surface area (Å²) >= 11 is 0. The van der Waals surface area contributed by atoms with Gasteiger partial charge < -0.3 is 36.6 Å². The van der Waals surface area contributed by atoms with Gasteiger partial charge in [0.2, 0.25) is 5.78 Å². The number of nitrogens with zero attached hydrogens (tertiary/aromatic N) is 1. The van der Waals surface area contributed by atoms with Gasteiger partial charge in [-0.05, 0) is 67.7 Å². The highest BCUT2D eigenvalue weighted by Gasteiger charge is 2.63. The summed E-state index contributed by atoms with van der Waals surface area (Å²) < 4.78 is 0. The summed E-state index contributed by atoms with van der Waals surface area (Å²) in [6.45, 7) is -0.0720. The molecule has 2 amide bonds. The number of hydrogen-bond acceptors (Lipinski definition) is 10. The minimum absolute atomic E-state index is 0.0626. The van der Waals surface area contributed by atoms with Crippen molar-refractivity contribution < 1.29 is 49.5 Å². The highest BCUT2D eigenvalue weighted by molar-refractivity contribution is 6.25. The molecule has 0 saturated heterocycles. The number of phenolic OH excluding ortho intramolecular Hbond substituents is 1. The van der Waals surface area contributed by atoms with E-state index in [-0.39, 0.29) is 42.5 Å². The predicted molar refractivity (Wildman–Crippen MR) is 154 cm³/mol. The van der Waals surface area contributed by atoms with Crippen molar-refractivity contribution in [1.82, 2.24) is 10.2 Å². The number of carboxylic acids is 1. The fraction of sp³-hybridized carbons (Fsp3) is 0.323. The lowest BCUT2D eigenvalue weighted by Gasteiger charge is -2.50. The Morgan fingerprint density at radius 2 is 1.80 bits per heavy atom. The first-order chi connectivity index (χ1) is 20.7. The third kappa shape index (κ3) is 4.61. The van der Waals surface area contributed by atoms with E-state index in [1.807, 2.05) is 0 Å². The zero-order chi connectivity index (χ0) is 32.2. The van der Waals surface area contributed by atoms with Crippen LogP contribution < -0.4 is 11.1 Å². The number of aliphatic hydroxyl groups excluding tert-OH is 2. The summed E-state index contributed by atoms with van der Waals surface area (Å²) in [5, 5.41) is 56.3. The van der Waals surface area contributed by atoms with E-state index in [1.54, 1.807) is 44.4 Å². The highest BCUT2D eigenvalue weighted by Crippen LogP contribution is 2.53. The van der Waals surface area contributed by atoms with Crippen LogP contribution in [-0.4, -0.2) is 92.1 Å². The normalized spacial score (nSPS) is 24.5. The Morgan fingerprint density at radius 3 is 2.43 bits per heavy atom. The highest BCUT2D eigenvalue weighted by atomic mass is 16.4. The fourth-order valence-corrected chi connectivity index (χ4v) is 6.73. The van der Waals surface area contributed by atoms with Crippen LogP contribution in [0.15, 0.2) is 59.1 Å². The average Bonchev–Trinajstić information content (AvgIpc) is 2.94. The number of primary amides is 1. The van der Waals surface area contributed by atoms with Crippen molar-refractivity contribution in [2.45, 2.75) is 30.9 Å². The molecule has 3 aliphatic rings. The van der Waals surface area contributed by atoms with Gasteiger partial charge in [0.25, 0.3) is 11.8 Å². The largest absolute Gasteiger partial charge is 0.510 e. The molecule has 0 heterocycles. The second-order valence-electron chi connectivity index (χ2n) is 11.4. The number of nitrogens with one attached hydrogen (secondary N) is 1. The van der Waals surface area contributed by atoms with E-state index in [1.165, 1.54) is 11.0 Å². The molecule has 13 nitrogen and oxygen atoms in total. The van der Waals surface area contributed by atoms with Crippen LogP contribution in [0.5, 0.6) is 5.75 Å². The number of aliphatic carboxylic acids is 1. The summed E-state index contributed by atoms with van der Waals surface area (Å²) in [4.78, 5) is 64.5. The van der Waals surface area contributed by atoms with Crippen LogP contribution in [0.4, 0.5) is 0 Å². The summed E-state index contributed by atoms with van der Waals surface area (Å²) in [7, 11) is 3.10. The number of rotatable bonds is 7. The molecule has 0 saturated carbocycles. The maximum Gasteiger partial charge on any atom is 0.305 e. The maximum atomic E-state index is 14.0. The Bertz CT molecular complexity index is 1710. The van der Waals surface area contributed by atoms with Gasteiger partial charge in [-0.3, -0.25) is 28.9 Å². The monoisotopic (exact) mass is 605 g/mol. The number of aliphatic hydroxyl groups is 3. The van der Waals surface area contributed by atoms with Crippen molar-refractivity contribution in [3.63, 3.8) is 0 Å². The Balaban J connectivity index is 1.61. The number of hydrogen-bond donors (Lipinski definition) is 7. The predicted octanol–water partition coefficient (Wildman–Crippen LogP) is 0.992. The van der Waals surface area contributed by atoms with Gasteiger partial charge in [0.05, 0.1) is 18.0 Å². The van der Waals surface area contributed by atoms with Crippen LogP contribution in [0.3, 0.4) is 0 Å². The molecule has 0 aliphatic heterocycles. The molecule has 0 unspecified atom stereocenters. The Hall–Kier alpha value is -5.01.